The quantitative estimate of drug-likeness (QED) is 0.874. The summed E-state index contributed by atoms with van der Waals surface area (Å²) in [6, 6.07) is 3.65. The number of carbonyl (C=O) groups is 1. The number of hydrogen-bond donors (Lipinski definition) is 1. The maximum Gasteiger partial charge on any atom is 0.356 e. The average molecular weight is 248 g/mol. The lowest BCUT2D eigenvalue weighted by Crippen LogP contribution is -2.27. The maximum atomic E-state index is 11.2. The molecule has 4 nitrogen and oxygen atoms in total. The van der Waals surface area contributed by atoms with Gasteiger partial charge in [-0.1, -0.05) is 20.8 Å². The van der Waals surface area contributed by atoms with Crippen LogP contribution in [0.2, 0.25) is 0 Å². The van der Waals surface area contributed by atoms with Crippen molar-refractivity contribution < 1.29 is 9.90 Å². The Morgan fingerprint density at radius 2 is 2.22 bits per heavy atom. The van der Waals surface area contributed by atoms with Gasteiger partial charge in [-0.3, -0.25) is 0 Å². The number of pyridine rings is 1. The van der Waals surface area contributed by atoms with E-state index >= 15 is 0 Å². The summed E-state index contributed by atoms with van der Waals surface area (Å²) in [7, 11) is 0. The minimum Gasteiger partial charge on any atom is -0.476 e. The van der Waals surface area contributed by atoms with E-state index in [9.17, 15) is 4.79 Å². The molecule has 0 aliphatic carbocycles. The third kappa shape index (κ3) is 2.47. The van der Waals surface area contributed by atoms with Crippen LogP contribution in [0.1, 0.15) is 37.7 Å². The van der Waals surface area contributed by atoms with Crippen LogP contribution in [0.25, 0.3) is 0 Å². The summed E-state index contributed by atoms with van der Waals surface area (Å²) >= 11 is 0. The first-order chi connectivity index (χ1) is 8.39. The van der Waals surface area contributed by atoms with Gasteiger partial charge in [-0.25, -0.2) is 9.78 Å². The van der Waals surface area contributed by atoms with Crippen molar-refractivity contribution in [1.29, 1.82) is 0 Å². The second kappa shape index (κ2) is 4.59. The van der Waals surface area contributed by atoms with Gasteiger partial charge >= 0.3 is 5.97 Å². The lowest BCUT2D eigenvalue weighted by atomic mass is 9.80. The fraction of sp³-hybridized carbons (Fsp3) is 0.571. The molecule has 0 aromatic carbocycles. The van der Waals surface area contributed by atoms with Crippen molar-refractivity contribution in [1.82, 2.24) is 4.98 Å². The Labute approximate surface area is 108 Å². The molecule has 1 unspecified atom stereocenters. The van der Waals surface area contributed by atoms with E-state index in [1.807, 2.05) is 6.07 Å². The van der Waals surface area contributed by atoms with E-state index in [4.69, 9.17) is 5.11 Å². The van der Waals surface area contributed by atoms with Crippen molar-refractivity contribution in [2.24, 2.45) is 11.3 Å². The molecule has 0 saturated carbocycles. The topological polar surface area (TPSA) is 53.4 Å². The molecule has 98 valence electrons. The van der Waals surface area contributed by atoms with Crippen molar-refractivity contribution in [3.8, 4) is 0 Å². The monoisotopic (exact) mass is 248 g/mol. The number of aromatic nitrogens is 1. The zero-order chi connectivity index (χ0) is 13.3. The van der Waals surface area contributed by atoms with E-state index in [1.54, 1.807) is 6.07 Å². The van der Waals surface area contributed by atoms with Crippen LogP contribution >= 0.6 is 0 Å². The Hall–Kier alpha value is -1.58. The van der Waals surface area contributed by atoms with Crippen LogP contribution in [0.5, 0.6) is 0 Å². The first kappa shape index (κ1) is 12.9. The number of carboxylic acid groups (broad SMARTS) is 1. The van der Waals surface area contributed by atoms with Crippen molar-refractivity contribution in [2.75, 3.05) is 18.0 Å². The maximum absolute atomic E-state index is 11.2. The predicted octanol–water partition coefficient (Wildman–Crippen LogP) is 2.65. The summed E-state index contributed by atoms with van der Waals surface area (Å²) in [6.45, 7) is 8.54. The summed E-state index contributed by atoms with van der Waals surface area (Å²) < 4.78 is 0. The number of anilines is 1. The first-order valence-corrected chi connectivity index (χ1v) is 6.33. The molecule has 1 saturated heterocycles. The Kier molecular flexibility index (Phi) is 3.28. The first-order valence-electron chi connectivity index (χ1n) is 6.33. The number of aromatic carboxylic acids is 1. The molecule has 0 bridgehead atoms. The second-order valence-corrected chi connectivity index (χ2v) is 5.97. The highest BCUT2D eigenvalue weighted by Gasteiger charge is 2.33. The van der Waals surface area contributed by atoms with Gasteiger partial charge in [0.15, 0.2) is 5.69 Å². The Bertz CT molecular complexity index is 451. The SMILES string of the molecule is CC(C)(C)C1CCN(c2cccnc2C(=O)O)C1. The van der Waals surface area contributed by atoms with Gasteiger partial charge < -0.3 is 10.0 Å². The van der Waals surface area contributed by atoms with Crippen molar-refractivity contribution in [3.63, 3.8) is 0 Å². The molecular formula is C14H20N2O2. The van der Waals surface area contributed by atoms with E-state index in [2.05, 4.69) is 30.7 Å². The highest BCUT2D eigenvalue weighted by atomic mass is 16.4. The summed E-state index contributed by atoms with van der Waals surface area (Å²) in [4.78, 5) is 17.3. The van der Waals surface area contributed by atoms with Crippen molar-refractivity contribution >= 4 is 11.7 Å². The zero-order valence-corrected chi connectivity index (χ0v) is 11.2. The van der Waals surface area contributed by atoms with Gasteiger partial charge in [0.1, 0.15) is 0 Å². The molecule has 0 amide bonds. The van der Waals surface area contributed by atoms with Crippen LogP contribution in [0.4, 0.5) is 5.69 Å². The lowest BCUT2D eigenvalue weighted by Gasteiger charge is -2.27. The molecular weight excluding hydrogens is 228 g/mol. The highest BCUT2D eigenvalue weighted by Crippen LogP contribution is 2.36. The molecule has 4 heteroatoms. The number of nitrogens with zero attached hydrogens (tertiary/aromatic N) is 2. The molecule has 0 spiro atoms. The molecule has 18 heavy (non-hydrogen) atoms. The zero-order valence-electron chi connectivity index (χ0n) is 11.2. The van der Waals surface area contributed by atoms with Gasteiger partial charge in [-0.2, -0.15) is 0 Å². The largest absolute Gasteiger partial charge is 0.476 e. The Morgan fingerprint density at radius 1 is 1.50 bits per heavy atom. The molecule has 1 aromatic heterocycles. The third-order valence-corrected chi connectivity index (χ3v) is 3.74. The average Bonchev–Trinajstić information content (AvgIpc) is 2.77. The molecule has 1 N–H and O–H groups in total. The third-order valence-electron chi connectivity index (χ3n) is 3.74. The van der Waals surface area contributed by atoms with Gasteiger partial charge in [0.2, 0.25) is 0 Å². The molecule has 1 atom stereocenters. The normalized spacial score (nSPS) is 20.2. The molecule has 1 aromatic rings. The van der Waals surface area contributed by atoms with Gasteiger partial charge in [0.25, 0.3) is 0 Å². The second-order valence-electron chi connectivity index (χ2n) is 5.97. The van der Waals surface area contributed by atoms with Crippen LogP contribution in [-0.4, -0.2) is 29.1 Å². The van der Waals surface area contributed by atoms with Crippen LogP contribution in [0.15, 0.2) is 18.3 Å². The molecule has 2 rings (SSSR count). The van der Waals surface area contributed by atoms with Crippen LogP contribution in [0.3, 0.4) is 0 Å². The summed E-state index contributed by atoms with van der Waals surface area (Å²) in [5, 5.41) is 9.16. The summed E-state index contributed by atoms with van der Waals surface area (Å²) in [6.07, 6.45) is 2.64. The van der Waals surface area contributed by atoms with Crippen LogP contribution < -0.4 is 4.90 Å². The number of hydrogen-bond acceptors (Lipinski definition) is 3. The molecule has 1 aliphatic rings. The molecule has 0 radical (unpaired) electrons. The fourth-order valence-electron chi connectivity index (χ4n) is 2.50. The molecule has 2 heterocycles. The van der Waals surface area contributed by atoms with Crippen LogP contribution in [-0.2, 0) is 0 Å². The molecule has 1 fully saturated rings. The smallest absolute Gasteiger partial charge is 0.356 e. The van der Waals surface area contributed by atoms with E-state index in [0.29, 0.717) is 5.92 Å². The van der Waals surface area contributed by atoms with E-state index in [0.717, 1.165) is 25.2 Å². The number of carboxylic acids is 1. The fourth-order valence-corrected chi connectivity index (χ4v) is 2.50. The summed E-state index contributed by atoms with van der Waals surface area (Å²) in [5.74, 6) is -0.357. The van der Waals surface area contributed by atoms with Crippen LogP contribution in [0, 0.1) is 11.3 Å². The highest BCUT2D eigenvalue weighted by molar-refractivity contribution is 5.92. The molecule has 1 aliphatic heterocycles. The Balaban J connectivity index is 2.22. The van der Waals surface area contributed by atoms with Crippen molar-refractivity contribution in [2.45, 2.75) is 27.2 Å². The lowest BCUT2D eigenvalue weighted by molar-refractivity contribution is 0.0691. The van der Waals surface area contributed by atoms with Gasteiger partial charge in [0.05, 0.1) is 5.69 Å². The minimum absolute atomic E-state index is 0.159. The number of rotatable bonds is 2. The summed E-state index contributed by atoms with van der Waals surface area (Å²) in [5.41, 5.74) is 1.17. The van der Waals surface area contributed by atoms with Gasteiger partial charge in [-0.05, 0) is 29.9 Å². The van der Waals surface area contributed by atoms with E-state index < -0.39 is 5.97 Å². The van der Waals surface area contributed by atoms with E-state index in [1.165, 1.54) is 6.20 Å². The van der Waals surface area contributed by atoms with Crippen molar-refractivity contribution in [3.05, 3.63) is 24.0 Å². The van der Waals surface area contributed by atoms with Gasteiger partial charge in [-0.15, -0.1) is 0 Å². The Morgan fingerprint density at radius 3 is 2.78 bits per heavy atom. The predicted molar refractivity (Wildman–Crippen MR) is 71.0 cm³/mol. The van der Waals surface area contributed by atoms with Gasteiger partial charge in [0, 0.05) is 19.3 Å². The van der Waals surface area contributed by atoms with E-state index in [-0.39, 0.29) is 11.1 Å². The minimum atomic E-state index is -0.954. The standard InChI is InChI=1S/C14H20N2O2/c1-14(2,3)10-6-8-16(9-10)11-5-4-7-15-12(11)13(17)18/h4-5,7,10H,6,8-9H2,1-3H3,(H,17,18).